The fourth-order valence-electron chi connectivity index (χ4n) is 2.01. The predicted octanol–water partition coefficient (Wildman–Crippen LogP) is 2.68. The third-order valence-corrected chi connectivity index (χ3v) is 2.71. The maximum absolute atomic E-state index is 5.20. The van der Waals surface area contributed by atoms with E-state index in [9.17, 15) is 0 Å². The summed E-state index contributed by atoms with van der Waals surface area (Å²) in [5, 5.41) is 1.25. The molecule has 0 unspecified atom stereocenters. The minimum absolute atomic E-state index is 0.922. The normalized spacial score (nSPS) is 13.5. The number of allylic oxidation sites excluding steroid dienone is 1. The zero-order chi connectivity index (χ0) is 9.54. The van der Waals surface area contributed by atoms with Crippen LogP contribution < -0.4 is 4.74 Å². The molecule has 0 radical (unpaired) electrons. The highest BCUT2D eigenvalue weighted by Gasteiger charge is 2.09. The van der Waals surface area contributed by atoms with E-state index in [0.717, 1.165) is 12.2 Å². The number of nitrogens with zero attached hydrogens (tertiary/aromatic N) is 1. The average molecular weight is 185 g/mol. The molecule has 2 aromatic rings. The minimum atomic E-state index is 0.922. The Kier molecular flexibility index (Phi) is 1.45. The summed E-state index contributed by atoms with van der Waals surface area (Å²) in [5.41, 5.74) is 2.61. The third kappa shape index (κ3) is 0.909. The summed E-state index contributed by atoms with van der Waals surface area (Å²) in [6.07, 6.45) is 5.35. The molecular formula is C12H11NO. The number of hydrogen-bond acceptors (Lipinski definition) is 1. The molecule has 0 aliphatic carbocycles. The summed E-state index contributed by atoms with van der Waals surface area (Å²) >= 11 is 0. The van der Waals surface area contributed by atoms with Crippen molar-refractivity contribution in [3.63, 3.8) is 0 Å². The minimum Gasteiger partial charge on any atom is -0.497 e. The van der Waals surface area contributed by atoms with Crippen molar-refractivity contribution in [2.75, 3.05) is 7.11 Å². The van der Waals surface area contributed by atoms with E-state index in [1.165, 1.54) is 16.6 Å². The first-order valence-electron chi connectivity index (χ1n) is 4.73. The van der Waals surface area contributed by atoms with E-state index in [2.05, 4.69) is 35.0 Å². The highest BCUT2D eigenvalue weighted by molar-refractivity contribution is 5.85. The molecule has 0 saturated heterocycles. The van der Waals surface area contributed by atoms with Crippen LogP contribution in [0, 0.1) is 0 Å². The van der Waals surface area contributed by atoms with Crippen molar-refractivity contribution in [1.82, 2.24) is 4.57 Å². The van der Waals surface area contributed by atoms with E-state index in [-0.39, 0.29) is 0 Å². The van der Waals surface area contributed by atoms with Crippen molar-refractivity contribution in [2.24, 2.45) is 0 Å². The van der Waals surface area contributed by atoms with E-state index in [4.69, 9.17) is 4.74 Å². The van der Waals surface area contributed by atoms with Crippen LogP contribution in [-0.2, 0) is 6.42 Å². The van der Waals surface area contributed by atoms with E-state index < -0.39 is 0 Å². The number of rotatable bonds is 1. The average Bonchev–Trinajstić information content (AvgIpc) is 2.75. The van der Waals surface area contributed by atoms with Crippen LogP contribution >= 0.6 is 0 Å². The van der Waals surface area contributed by atoms with Crippen molar-refractivity contribution in [3.05, 3.63) is 36.0 Å². The first kappa shape index (κ1) is 7.68. The molecule has 3 rings (SSSR count). The summed E-state index contributed by atoms with van der Waals surface area (Å²) in [6.45, 7) is 0. The van der Waals surface area contributed by atoms with Gasteiger partial charge in [0.05, 0.1) is 12.6 Å². The molecule has 0 N–H and O–H groups in total. The molecule has 70 valence electrons. The molecular weight excluding hydrogens is 174 g/mol. The van der Waals surface area contributed by atoms with Crippen molar-refractivity contribution >= 4 is 17.1 Å². The van der Waals surface area contributed by atoms with Crippen LogP contribution in [0.1, 0.15) is 5.69 Å². The van der Waals surface area contributed by atoms with Crippen LogP contribution in [0.5, 0.6) is 5.75 Å². The Morgan fingerprint density at radius 1 is 1.29 bits per heavy atom. The third-order valence-electron chi connectivity index (χ3n) is 2.71. The van der Waals surface area contributed by atoms with Crippen molar-refractivity contribution in [2.45, 2.75) is 6.42 Å². The summed E-state index contributed by atoms with van der Waals surface area (Å²) in [6, 6.07) is 8.40. The van der Waals surface area contributed by atoms with E-state index in [1.807, 2.05) is 6.07 Å². The quantitative estimate of drug-likeness (QED) is 0.666. The van der Waals surface area contributed by atoms with Gasteiger partial charge in [-0.05, 0) is 24.3 Å². The molecule has 14 heavy (non-hydrogen) atoms. The highest BCUT2D eigenvalue weighted by atomic mass is 16.5. The van der Waals surface area contributed by atoms with Gasteiger partial charge >= 0.3 is 0 Å². The lowest BCUT2D eigenvalue weighted by Crippen LogP contribution is -1.85. The largest absolute Gasteiger partial charge is 0.497 e. The molecule has 0 atom stereocenters. The molecule has 1 aliphatic heterocycles. The van der Waals surface area contributed by atoms with Crippen LogP contribution in [0.3, 0.4) is 0 Å². The molecule has 2 heterocycles. The molecule has 1 aromatic heterocycles. The summed E-state index contributed by atoms with van der Waals surface area (Å²) < 4.78 is 7.43. The first-order valence-corrected chi connectivity index (χ1v) is 4.73. The lowest BCUT2D eigenvalue weighted by Gasteiger charge is -2.00. The maximum Gasteiger partial charge on any atom is 0.119 e. The second kappa shape index (κ2) is 2.64. The number of ether oxygens (including phenoxy) is 1. The number of benzene rings is 1. The Labute approximate surface area is 82.4 Å². The second-order valence-corrected chi connectivity index (χ2v) is 3.52. The Hall–Kier alpha value is -1.70. The van der Waals surface area contributed by atoms with E-state index >= 15 is 0 Å². The maximum atomic E-state index is 5.20. The zero-order valence-corrected chi connectivity index (χ0v) is 8.03. The van der Waals surface area contributed by atoms with Gasteiger partial charge in [0.1, 0.15) is 5.75 Å². The molecule has 0 bridgehead atoms. The highest BCUT2D eigenvalue weighted by Crippen LogP contribution is 2.27. The van der Waals surface area contributed by atoms with Crippen LogP contribution in [0.25, 0.3) is 17.1 Å². The summed E-state index contributed by atoms with van der Waals surface area (Å²) in [7, 11) is 1.70. The molecule has 1 aromatic carbocycles. The molecule has 0 saturated carbocycles. The van der Waals surface area contributed by atoms with Crippen molar-refractivity contribution in [3.8, 4) is 5.75 Å². The SMILES string of the molecule is COc1ccc2c(c1)cc1n2C=CC1. The second-order valence-electron chi connectivity index (χ2n) is 3.52. The Balaban J connectivity index is 2.32. The first-order chi connectivity index (χ1) is 6.88. The predicted molar refractivity (Wildman–Crippen MR) is 57.5 cm³/mol. The van der Waals surface area contributed by atoms with Gasteiger partial charge in [0.2, 0.25) is 0 Å². The van der Waals surface area contributed by atoms with E-state index in [0.29, 0.717) is 0 Å². The summed E-state index contributed by atoms with van der Waals surface area (Å²) in [4.78, 5) is 0. The van der Waals surface area contributed by atoms with Crippen LogP contribution in [0.2, 0.25) is 0 Å². The fourth-order valence-corrected chi connectivity index (χ4v) is 2.01. The van der Waals surface area contributed by atoms with Crippen molar-refractivity contribution < 1.29 is 4.74 Å². The van der Waals surface area contributed by atoms with Gasteiger partial charge in [0.25, 0.3) is 0 Å². The van der Waals surface area contributed by atoms with Gasteiger partial charge in [0, 0.05) is 23.7 Å². The fraction of sp³-hybridized carbons (Fsp3) is 0.167. The molecule has 1 aliphatic rings. The number of methoxy groups -OCH3 is 1. The summed E-state index contributed by atoms with van der Waals surface area (Å²) in [5.74, 6) is 0.922. The van der Waals surface area contributed by atoms with Gasteiger partial charge in [-0.15, -0.1) is 0 Å². The van der Waals surface area contributed by atoms with Gasteiger partial charge < -0.3 is 9.30 Å². The number of fused-ring (bicyclic) bond motifs is 3. The van der Waals surface area contributed by atoms with Gasteiger partial charge in [-0.3, -0.25) is 0 Å². The lowest BCUT2D eigenvalue weighted by atomic mass is 10.2. The van der Waals surface area contributed by atoms with Crippen LogP contribution in [0.15, 0.2) is 30.3 Å². The smallest absolute Gasteiger partial charge is 0.119 e. The van der Waals surface area contributed by atoms with Crippen molar-refractivity contribution in [1.29, 1.82) is 0 Å². The molecule has 2 nitrogen and oxygen atoms in total. The van der Waals surface area contributed by atoms with Gasteiger partial charge in [0.15, 0.2) is 0 Å². The number of hydrogen-bond donors (Lipinski definition) is 0. The topological polar surface area (TPSA) is 14.2 Å². The Morgan fingerprint density at radius 2 is 2.21 bits per heavy atom. The zero-order valence-electron chi connectivity index (χ0n) is 8.03. The van der Waals surface area contributed by atoms with Gasteiger partial charge in [-0.1, -0.05) is 6.08 Å². The molecule has 0 spiro atoms. The molecule has 0 fully saturated rings. The van der Waals surface area contributed by atoms with E-state index in [1.54, 1.807) is 7.11 Å². The lowest BCUT2D eigenvalue weighted by molar-refractivity contribution is 0.415. The van der Waals surface area contributed by atoms with Gasteiger partial charge in [-0.2, -0.15) is 0 Å². The van der Waals surface area contributed by atoms with Gasteiger partial charge in [-0.25, -0.2) is 0 Å². The Bertz CT molecular complexity index is 522. The molecule has 0 amide bonds. The van der Waals surface area contributed by atoms with Crippen LogP contribution in [-0.4, -0.2) is 11.7 Å². The van der Waals surface area contributed by atoms with Crippen LogP contribution in [0.4, 0.5) is 0 Å². The number of aromatic nitrogens is 1. The Morgan fingerprint density at radius 3 is 3.07 bits per heavy atom. The standard InChI is InChI=1S/C12H11NO/c1-14-11-4-5-12-9(8-11)7-10-3-2-6-13(10)12/h2,4-8H,3H2,1H3. The molecule has 2 heteroatoms. The monoisotopic (exact) mass is 185 g/mol.